The van der Waals surface area contributed by atoms with E-state index in [1.807, 2.05) is 0 Å². The number of ether oxygens (including phenoxy) is 1. The first-order valence-electron chi connectivity index (χ1n) is 7.53. The number of benzene rings is 2. The van der Waals surface area contributed by atoms with E-state index in [1.54, 1.807) is 12.1 Å². The van der Waals surface area contributed by atoms with Crippen molar-refractivity contribution in [3.63, 3.8) is 0 Å². The summed E-state index contributed by atoms with van der Waals surface area (Å²) in [5.41, 5.74) is 0.596. The van der Waals surface area contributed by atoms with Crippen molar-refractivity contribution in [2.24, 2.45) is 0 Å². The maximum absolute atomic E-state index is 13.2. The van der Waals surface area contributed by atoms with Gasteiger partial charge in [-0.05, 0) is 30.3 Å². The van der Waals surface area contributed by atoms with Crippen LogP contribution in [0.1, 0.15) is 17.3 Å². The van der Waals surface area contributed by atoms with E-state index in [0.29, 0.717) is 5.69 Å². The summed E-state index contributed by atoms with van der Waals surface area (Å²) in [6, 6.07) is 8.94. The Bertz CT molecular complexity index is 855. The molecule has 2 amide bonds. The monoisotopic (exact) mass is 362 g/mol. The van der Waals surface area contributed by atoms with Gasteiger partial charge in [-0.25, -0.2) is 13.6 Å². The number of halogens is 2. The minimum Gasteiger partial charge on any atom is -0.465 e. The third-order valence-electron chi connectivity index (χ3n) is 3.46. The van der Waals surface area contributed by atoms with Gasteiger partial charge in [-0.1, -0.05) is 6.07 Å². The largest absolute Gasteiger partial charge is 0.465 e. The lowest BCUT2D eigenvalue weighted by molar-refractivity contribution is -0.120. The summed E-state index contributed by atoms with van der Waals surface area (Å²) in [5, 5.41) is 2.38. The van der Waals surface area contributed by atoms with Crippen LogP contribution in [-0.4, -0.2) is 31.4 Å². The molecule has 0 aliphatic carbocycles. The molecule has 0 radical (unpaired) electrons. The molecule has 0 aromatic heterocycles. The molecule has 0 heterocycles. The Balaban J connectivity index is 2.17. The SMILES string of the molecule is COC(=O)c1cccc(N(CC(=O)Nc2ccc(F)c(F)c2)C(C)=O)c1. The van der Waals surface area contributed by atoms with Crippen LogP contribution in [0, 0.1) is 11.6 Å². The number of carbonyl (C=O) groups is 3. The highest BCUT2D eigenvalue weighted by Gasteiger charge is 2.18. The van der Waals surface area contributed by atoms with E-state index < -0.39 is 29.4 Å². The van der Waals surface area contributed by atoms with E-state index in [2.05, 4.69) is 10.1 Å². The van der Waals surface area contributed by atoms with E-state index in [1.165, 1.54) is 32.2 Å². The van der Waals surface area contributed by atoms with Crippen molar-refractivity contribution in [2.75, 3.05) is 23.9 Å². The minimum atomic E-state index is -1.10. The molecule has 26 heavy (non-hydrogen) atoms. The van der Waals surface area contributed by atoms with Crippen LogP contribution in [0.4, 0.5) is 20.2 Å². The lowest BCUT2D eigenvalue weighted by atomic mass is 10.2. The third kappa shape index (κ3) is 4.62. The van der Waals surface area contributed by atoms with E-state index in [9.17, 15) is 23.2 Å². The van der Waals surface area contributed by atoms with Crippen LogP contribution in [0.2, 0.25) is 0 Å². The molecular weight excluding hydrogens is 346 g/mol. The molecule has 2 aromatic rings. The van der Waals surface area contributed by atoms with Crippen LogP contribution in [0.15, 0.2) is 42.5 Å². The Morgan fingerprint density at radius 3 is 2.42 bits per heavy atom. The standard InChI is InChI=1S/C18H16F2N2O4/c1-11(23)22(14-5-3-4-12(8-14)18(25)26-2)10-17(24)21-13-6-7-15(19)16(20)9-13/h3-9H,10H2,1-2H3,(H,21,24). The molecule has 136 valence electrons. The molecule has 6 nitrogen and oxygen atoms in total. The summed E-state index contributed by atoms with van der Waals surface area (Å²) < 4.78 is 30.8. The quantitative estimate of drug-likeness (QED) is 0.830. The zero-order valence-electron chi connectivity index (χ0n) is 14.1. The summed E-state index contributed by atoms with van der Waals surface area (Å²) in [4.78, 5) is 36.8. The smallest absolute Gasteiger partial charge is 0.337 e. The second kappa shape index (κ2) is 8.19. The van der Waals surface area contributed by atoms with Crippen molar-refractivity contribution in [1.29, 1.82) is 0 Å². The van der Waals surface area contributed by atoms with Crippen LogP contribution in [0.5, 0.6) is 0 Å². The summed E-state index contributed by atoms with van der Waals surface area (Å²) in [7, 11) is 1.23. The van der Waals surface area contributed by atoms with Gasteiger partial charge in [-0.15, -0.1) is 0 Å². The summed E-state index contributed by atoms with van der Waals surface area (Å²) in [6.07, 6.45) is 0. The van der Waals surface area contributed by atoms with Gasteiger partial charge in [0.2, 0.25) is 11.8 Å². The molecule has 2 aromatic carbocycles. The van der Waals surface area contributed by atoms with Crippen LogP contribution in [0.3, 0.4) is 0 Å². The molecule has 0 saturated carbocycles. The second-order valence-electron chi connectivity index (χ2n) is 5.32. The Kier molecular flexibility index (Phi) is 6.00. The number of nitrogens with zero attached hydrogens (tertiary/aromatic N) is 1. The number of amides is 2. The molecule has 0 fully saturated rings. The van der Waals surface area contributed by atoms with Gasteiger partial charge in [-0.3, -0.25) is 9.59 Å². The zero-order chi connectivity index (χ0) is 19.3. The molecule has 0 spiro atoms. The Hall–Kier alpha value is -3.29. The molecule has 0 bridgehead atoms. The number of hydrogen-bond acceptors (Lipinski definition) is 4. The Morgan fingerprint density at radius 2 is 1.81 bits per heavy atom. The number of esters is 1. The summed E-state index contributed by atoms with van der Waals surface area (Å²) in [5.74, 6) is -3.77. The number of hydrogen-bond donors (Lipinski definition) is 1. The van der Waals surface area contributed by atoms with E-state index in [4.69, 9.17) is 0 Å². The highest BCUT2D eigenvalue weighted by Crippen LogP contribution is 2.18. The highest BCUT2D eigenvalue weighted by atomic mass is 19.2. The number of methoxy groups -OCH3 is 1. The molecular formula is C18H16F2N2O4. The fourth-order valence-corrected chi connectivity index (χ4v) is 2.22. The normalized spacial score (nSPS) is 10.2. The molecule has 0 saturated heterocycles. The lowest BCUT2D eigenvalue weighted by Gasteiger charge is -2.21. The van der Waals surface area contributed by atoms with Crippen molar-refractivity contribution >= 4 is 29.2 Å². The number of rotatable bonds is 5. The fourth-order valence-electron chi connectivity index (χ4n) is 2.22. The van der Waals surface area contributed by atoms with Gasteiger partial charge in [0.25, 0.3) is 0 Å². The molecule has 2 rings (SSSR count). The first kappa shape index (κ1) is 19.0. The minimum absolute atomic E-state index is 0.0562. The van der Waals surface area contributed by atoms with Crippen molar-refractivity contribution in [2.45, 2.75) is 6.92 Å². The predicted molar refractivity (Wildman–Crippen MR) is 90.8 cm³/mol. The molecule has 1 N–H and O–H groups in total. The molecule has 0 atom stereocenters. The topological polar surface area (TPSA) is 75.7 Å². The van der Waals surface area contributed by atoms with Gasteiger partial charge in [0.15, 0.2) is 11.6 Å². The van der Waals surface area contributed by atoms with Crippen LogP contribution >= 0.6 is 0 Å². The van der Waals surface area contributed by atoms with Crippen LogP contribution < -0.4 is 10.2 Å². The lowest BCUT2D eigenvalue weighted by Crippen LogP contribution is -2.36. The van der Waals surface area contributed by atoms with Crippen molar-refractivity contribution in [1.82, 2.24) is 0 Å². The fraction of sp³-hybridized carbons (Fsp3) is 0.167. The maximum Gasteiger partial charge on any atom is 0.337 e. The van der Waals surface area contributed by atoms with Crippen LogP contribution in [0.25, 0.3) is 0 Å². The number of nitrogens with one attached hydrogen (secondary N) is 1. The van der Waals surface area contributed by atoms with Gasteiger partial charge < -0.3 is 15.0 Å². The van der Waals surface area contributed by atoms with Crippen LogP contribution in [-0.2, 0) is 14.3 Å². The second-order valence-corrected chi connectivity index (χ2v) is 5.32. The van der Waals surface area contributed by atoms with Crippen molar-refractivity contribution in [3.8, 4) is 0 Å². The Morgan fingerprint density at radius 1 is 1.08 bits per heavy atom. The average molecular weight is 362 g/mol. The van der Waals surface area contributed by atoms with Crippen molar-refractivity contribution in [3.05, 3.63) is 59.7 Å². The van der Waals surface area contributed by atoms with Gasteiger partial charge >= 0.3 is 5.97 Å². The van der Waals surface area contributed by atoms with E-state index >= 15 is 0 Å². The summed E-state index contributed by atoms with van der Waals surface area (Å²) in [6.45, 7) is 0.884. The van der Waals surface area contributed by atoms with E-state index in [0.717, 1.165) is 17.0 Å². The summed E-state index contributed by atoms with van der Waals surface area (Å²) >= 11 is 0. The maximum atomic E-state index is 13.2. The Labute approximate surface area is 148 Å². The first-order chi connectivity index (χ1) is 12.3. The van der Waals surface area contributed by atoms with E-state index in [-0.39, 0.29) is 17.8 Å². The average Bonchev–Trinajstić information content (AvgIpc) is 2.62. The first-order valence-corrected chi connectivity index (χ1v) is 7.53. The van der Waals surface area contributed by atoms with Gasteiger partial charge in [0, 0.05) is 24.4 Å². The zero-order valence-corrected chi connectivity index (χ0v) is 14.1. The third-order valence-corrected chi connectivity index (χ3v) is 3.46. The van der Waals surface area contributed by atoms with Gasteiger partial charge in [0.1, 0.15) is 6.54 Å². The van der Waals surface area contributed by atoms with Crippen molar-refractivity contribution < 1.29 is 27.9 Å². The predicted octanol–water partition coefficient (Wildman–Crippen LogP) is 2.74. The molecule has 0 aliphatic heterocycles. The number of anilines is 2. The molecule has 8 heteroatoms. The van der Waals surface area contributed by atoms with Gasteiger partial charge in [-0.2, -0.15) is 0 Å². The number of carbonyl (C=O) groups excluding carboxylic acids is 3. The highest BCUT2D eigenvalue weighted by molar-refractivity contribution is 6.02. The van der Waals surface area contributed by atoms with Gasteiger partial charge in [0.05, 0.1) is 12.7 Å². The molecule has 0 aliphatic rings. The molecule has 0 unspecified atom stereocenters.